The molecule has 3 rings (SSSR count). The van der Waals surface area contributed by atoms with Crippen molar-refractivity contribution >= 4 is 40.5 Å². The molecule has 2 N–H and O–H groups in total. The molecule has 1 aliphatic rings. The van der Waals surface area contributed by atoms with Gasteiger partial charge in [0.15, 0.2) is 0 Å². The van der Waals surface area contributed by atoms with E-state index in [1.807, 2.05) is 4.90 Å². The van der Waals surface area contributed by atoms with Crippen LogP contribution in [0.3, 0.4) is 0 Å². The lowest BCUT2D eigenvalue weighted by Crippen LogP contribution is -2.34. The number of halogens is 2. The van der Waals surface area contributed by atoms with Crippen LogP contribution in [0.5, 0.6) is 0 Å². The first-order chi connectivity index (χ1) is 13.9. The first kappa shape index (κ1) is 20.5. The second-order valence-corrected chi connectivity index (χ2v) is 6.86. The van der Waals surface area contributed by atoms with Crippen LogP contribution in [0.15, 0.2) is 36.4 Å². The van der Waals surface area contributed by atoms with Gasteiger partial charge in [-0.25, -0.2) is 4.39 Å². The van der Waals surface area contributed by atoms with Crippen LogP contribution in [-0.4, -0.2) is 36.4 Å². The van der Waals surface area contributed by atoms with Gasteiger partial charge < -0.3 is 15.5 Å². The average molecular weight is 421 g/mol. The molecule has 0 atom stereocenters. The van der Waals surface area contributed by atoms with Crippen LogP contribution in [0.2, 0.25) is 5.02 Å². The van der Waals surface area contributed by atoms with Gasteiger partial charge >= 0.3 is 0 Å². The van der Waals surface area contributed by atoms with Gasteiger partial charge in [-0.15, -0.1) is 0 Å². The van der Waals surface area contributed by atoms with Gasteiger partial charge in [0.1, 0.15) is 17.1 Å². The fourth-order valence-electron chi connectivity index (χ4n) is 3.18. The Balaban J connectivity index is 1.70. The van der Waals surface area contributed by atoms with E-state index >= 15 is 0 Å². The van der Waals surface area contributed by atoms with E-state index in [0.29, 0.717) is 5.69 Å². The maximum Gasteiger partial charge on any atom is 0.283 e. The summed E-state index contributed by atoms with van der Waals surface area (Å²) in [6.45, 7) is 1.02. The summed E-state index contributed by atoms with van der Waals surface area (Å²) < 4.78 is 14.3. The van der Waals surface area contributed by atoms with Crippen molar-refractivity contribution in [2.45, 2.75) is 12.8 Å². The number of benzene rings is 2. The van der Waals surface area contributed by atoms with Crippen molar-refractivity contribution in [3.63, 3.8) is 0 Å². The molecule has 0 saturated carbocycles. The quantitative estimate of drug-likeness (QED) is 0.550. The third-order valence-corrected chi connectivity index (χ3v) is 4.84. The number of nitro groups is 1. The van der Waals surface area contributed by atoms with Crippen molar-refractivity contribution in [1.29, 1.82) is 0 Å². The number of carbonyl (C=O) groups excluding carboxylic acids is 2. The van der Waals surface area contributed by atoms with Crippen molar-refractivity contribution < 1.29 is 18.9 Å². The second-order valence-electron chi connectivity index (χ2n) is 6.45. The monoisotopic (exact) mass is 420 g/mol. The molecule has 2 amide bonds. The number of nitro benzene ring substituents is 1. The Bertz CT molecular complexity index is 963. The minimum Gasteiger partial charge on any atom is -0.370 e. The van der Waals surface area contributed by atoms with Gasteiger partial charge in [0, 0.05) is 19.2 Å². The molecular weight excluding hydrogens is 403 g/mol. The minimum absolute atomic E-state index is 0.0392. The van der Waals surface area contributed by atoms with Crippen LogP contribution in [0, 0.1) is 15.9 Å². The number of hydrogen-bond donors (Lipinski definition) is 2. The third kappa shape index (κ3) is 4.62. The second kappa shape index (κ2) is 8.87. The Morgan fingerprint density at radius 2 is 1.86 bits per heavy atom. The fraction of sp³-hybridized carbons (Fsp3) is 0.263. The molecule has 1 fully saturated rings. The fourth-order valence-corrected chi connectivity index (χ4v) is 3.44. The number of nitrogens with one attached hydrogen (secondary N) is 2. The summed E-state index contributed by atoms with van der Waals surface area (Å²) in [6, 6.07) is 8.35. The van der Waals surface area contributed by atoms with Crippen LogP contribution >= 0.6 is 11.6 Å². The van der Waals surface area contributed by atoms with Gasteiger partial charge in [-0.1, -0.05) is 23.7 Å². The zero-order valence-electron chi connectivity index (χ0n) is 15.3. The Labute approximate surface area is 170 Å². The van der Waals surface area contributed by atoms with Crippen molar-refractivity contribution in [1.82, 2.24) is 5.32 Å². The van der Waals surface area contributed by atoms with Gasteiger partial charge in [0.05, 0.1) is 22.2 Å². The smallest absolute Gasteiger partial charge is 0.283 e. The molecule has 0 unspecified atom stereocenters. The predicted molar refractivity (Wildman–Crippen MR) is 107 cm³/mol. The van der Waals surface area contributed by atoms with Gasteiger partial charge in [0.25, 0.3) is 11.6 Å². The number of para-hydroxylation sites is 1. The van der Waals surface area contributed by atoms with E-state index < -0.39 is 34.8 Å². The highest BCUT2D eigenvalue weighted by atomic mass is 35.5. The summed E-state index contributed by atoms with van der Waals surface area (Å²) in [4.78, 5) is 37.0. The van der Waals surface area contributed by atoms with Crippen molar-refractivity contribution in [3.8, 4) is 0 Å². The summed E-state index contributed by atoms with van der Waals surface area (Å²) in [6.07, 6.45) is 1.97. The predicted octanol–water partition coefficient (Wildman–Crippen LogP) is 3.36. The molecular formula is C19H18ClFN4O4. The van der Waals surface area contributed by atoms with Gasteiger partial charge in [-0.05, 0) is 31.0 Å². The molecule has 1 saturated heterocycles. The molecule has 0 aliphatic carbocycles. The van der Waals surface area contributed by atoms with Crippen molar-refractivity contribution in [2.24, 2.45) is 0 Å². The molecule has 0 aromatic heterocycles. The summed E-state index contributed by atoms with van der Waals surface area (Å²) in [5, 5.41) is 15.8. The Hall–Kier alpha value is -3.20. The van der Waals surface area contributed by atoms with E-state index in [1.54, 1.807) is 12.1 Å². The normalized spacial score (nSPS) is 13.2. The zero-order valence-corrected chi connectivity index (χ0v) is 16.0. The van der Waals surface area contributed by atoms with Gasteiger partial charge in [-0.2, -0.15) is 0 Å². The molecule has 2 aromatic carbocycles. The Kier molecular flexibility index (Phi) is 6.28. The van der Waals surface area contributed by atoms with Crippen LogP contribution in [-0.2, 0) is 4.79 Å². The van der Waals surface area contributed by atoms with Gasteiger partial charge in [0.2, 0.25) is 5.91 Å². The molecule has 0 spiro atoms. The molecule has 1 heterocycles. The Morgan fingerprint density at radius 3 is 2.55 bits per heavy atom. The number of rotatable bonds is 6. The Morgan fingerprint density at radius 1 is 1.17 bits per heavy atom. The molecule has 0 radical (unpaired) electrons. The lowest BCUT2D eigenvalue weighted by Gasteiger charge is -2.22. The summed E-state index contributed by atoms with van der Waals surface area (Å²) in [7, 11) is 0. The number of anilines is 2. The first-order valence-electron chi connectivity index (χ1n) is 8.93. The number of nitrogens with zero attached hydrogens (tertiary/aromatic N) is 2. The van der Waals surface area contributed by atoms with Crippen molar-refractivity contribution in [2.75, 3.05) is 29.9 Å². The molecule has 10 heteroatoms. The number of amides is 2. The van der Waals surface area contributed by atoms with E-state index in [2.05, 4.69) is 10.6 Å². The zero-order chi connectivity index (χ0) is 21.0. The third-order valence-electron chi connectivity index (χ3n) is 4.53. The molecule has 0 bridgehead atoms. The molecule has 152 valence electrons. The van der Waals surface area contributed by atoms with Crippen LogP contribution < -0.4 is 15.5 Å². The summed E-state index contributed by atoms with van der Waals surface area (Å²) in [5.74, 6) is -2.12. The van der Waals surface area contributed by atoms with E-state index in [4.69, 9.17) is 11.6 Å². The summed E-state index contributed by atoms with van der Waals surface area (Å²) >= 11 is 5.91. The molecule has 8 nitrogen and oxygen atoms in total. The number of carbonyl (C=O) groups is 2. The maximum absolute atomic E-state index is 14.3. The highest BCUT2D eigenvalue weighted by Crippen LogP contribution is 2.31. The highest BCUT2D eigenvalue weighted by molar-refractivity contribution is 6.34. The SMILES string of the molecule is O=C(CNC(=O)c1c(Cl)cccc1[N+](=O)[O-])Nc1c(F)cccc1N1CCCC1. The minimum atomic E-state index is -0.870. The maximum atomic E-state index is 14.3. The number of hydrogen-bond acceptors (Lipinski definition) is 5. The largest absolute Gasteiger partial charge is 0.370 e. The standard InChI is InChI=1S/C19H18ClFN4O4/c20-12-5-3-7-14(25(28)29)17(12)19(27)22-11-16(26)23-18-13(21)6-4-8-15(18)24-9-1-2-10-24/h3-8H,1-2,9-11H2,(H,22,27)(H,23,26). The average Bonchev–Trinajstić information content (AvgIpc) is 3.22. The van der Waals surface area contributed by atoms with E-state index in [0.717, 1.165) is 32.0 Å². The van der Waals surface area contributed by atoms with E-state index in [9.17, 15) is 24.1 Å². The molecule has 1 aliphatic heterocycles. The topological polar surface area (TPSA) is 105 Å². The highest BCUT2D eigenvalue weighted by Gasteiger charge is 2.24. The lowest BCUT2D eigenvalue weighted by atomic mass is 10.1. The van der Waals surface area contributed by atoms with Crippen LogP contribution in [0.4, 0.5) is 21.5 Å². The van der Waals surface area contributed by atoms with Crippen LogP contribution in [0.25, 0.3) is 0 Å². The molecule has 29 heavy (non-hydrogen) atoms. The van der Waals surface area contributed by atoms with Crippen molar-refractivity contribution in [3.05, 3.63) is 62.9 Å². The van der Waals surface area contributed by atoms with Crippen LogP contribution in [0.1, 0.15) is 23.2 Å². The lowest BCUT2D eigenvalue weighted by molar-refractivity contribution is -0.385. The summed E-state index contributed by atoms with van der Waals surface area (Å²) in [5.41, 5.74) is -0.197. The molecule has 2 aromatic rings. The van der Waals surface area contributed by atoms with E-state index in [1.165, 1.54) is 18.2 Å². The first-order valence-corrected chi connectivity index (χ1v) is 9.30. The van der Waals surface area contributed by atoms with Gasteiger partial charge in [-0.3, -0.25) is 19.7 Å². The van der Waals surface area contributed by atoms with E-state index in [-0.39, 0.29) is 16.3 Å².